The molecule has 5 heteroatoms. The van der Waals surface area contributed by atoms with Gasteiger partial charge in [0, 0.05) is 12.6 Å². The molecule has 1 fully saturated rings. The second-order valence-corrected chi connectivity index (χ2v) is 8.33. The minimum atomic E-state index is -3.42. The highest BCUT2D eigenvalue weighted by atomic mass is 32.2. The maximum Gasteiger partial charge on any atom is 0.243 e. The number of rotatable bonds is 5. The lowest BCUT2D eigenvalue weighted by molar-refractivity contribution is 0.399. The van der Waals surface area contributed by atoms with E-state index in [4.69, 9.17) is 0 Å². The Hall–Kier alpha value is -1.17. The van der Waals surface area contributed by atoms with Crippen LogP contribution in [-0.4, -0.2) is 18.8 Å². The van der Waals surface area contributed by atoms with Crippen LogP contribution >= 0.6 is 11.3 Å². The van der Waals surface area contributed by atoms with Crippen molar-refractivity contribution in [3.05, 3.63) is 51.7 Å². The summed E-state index contributed by atoms with van der Waals surface area (Å²) in [6.45, 7) is 4.42. The lowest BCUT2D eigenvalue weighted by atomic mass is 10.1. The molecule has 1 aliphatic carbocycles. The van der Waals surface area contributed by atoms with Crippen LogP contribution in [-0.2, 0) is 16.6 Å². The van der Waals surface area contributed by atoms with Gasteiger partial charge in [0.05, 0.1) is 4.90 Å². The van der Waals surface area contributed by atoms with Crippen LogP contribution < -0.4 is 0 Å². The molecule has 21 heavy (non-hydrogen) atoms. The third-order valence-electron chi connectivity index (χ3n) is 3.96. The van der Waals surface area contributed by atoms with Gasteiger partial charge in [0.1, 0.15) is 0 Å². The van der Waals surface area contributed by atoms with Gasteiger partial charge in [-0.3, -0.25) is 0 Å². The molecule has 0 spiro atoms. The Bertz CT molecular complexity index is 732. The highest BCUT2D eigenvalue weighted by molar-refractivity contribution is 7.89. The van der Waals surface area contributed by atoms with E-state index in [0.717, 1.165) is 29.5 Å². The molecule has 1 heterocycles. The van der Waals surface area contributed by atoms with Crippen molar-refractivity contribution >= 4 is 21.4 Å². The number of thiophene rings is 1. The van der Waals surface area contributed by atoms with Crippen LogP contribution in [0.5, 0.6) is 0 Å². The Morgan fingerprint density at radius 2 is 1.95 bits per heavy atom. The molecule has 1 aliphatic rings. The average molecular weight is 321 g/mol. The van der Waals surface area contributed by atoms with Gasteiger partial charge in [0.2, 0.25) is 10.0 Å². The Balaban J connectivity index is 1.95. The van der Waals surface area contributed by atoms with Crippen molar-refractivity contribution in [2.75, 3.05) is 0 Å². The molecule has 3 rings (SSSR count). The van der Waals surface area contributed by atoms with Crippen molar-refractivity contribution in [2.24, 2.45) is 0 Å². The number of benzene rings is 1. The molecule has 1 aromatic heterocycles. The third-order valence-corrected chi connectivity index (χ3v) is 6.58. The van der Waals surface area contributed by atoms with Crippen LogP contribution in [0.4, 0.5) is 0 Å². The second kappa shape index (κ2) is 5.55. The summed E-state index contributed by atoms with van der Waals surface area (Å²) < 4.78 is 27.5. The molecule has 0 aliphatic heterocycles. The molecular formula is C16H19NO2S2. The summed E-state index contributed by atoms with van der Waals surface area (Å²) in [4.78, 5) is 0.410. The topological polar surface area (TPSA) is 37.4 Å². The number of hydrogen-bond donors (Lipinski definition) is 0. The first kappa shape index (κ1) is 14.8. The molecular weight excluding hydrogens is 302 g/mol. The molecule has 0 bridgehead atoms. The maximum atomic E-state index is 12.9. The molecule has 0 atom stereocenters. The van der Waals surface area contributed by atoms with E-state index in [2.05, 4.69) is 0 Å². The van der Waals surface area contributed by atoms with Gasteiger partial charge < -0.3 is 0 Å². The molecule has 1 aromatic carbocycles. The summed E-state index contributed by atoms with van der Waals surface area (Å²) in [7, 11) is -3.42. The largest absolute Gasteiger partial charge is 0.243 e. The standard InChI is InChI=1S/C16H19NO2S2/c1-12-3-6-16(9-13(12)2)21(18,19)17(15-4-5-15)10-14-7-8-20-11-14/h3,6-9,11,15H,4-5,10H2,1-2H3. The van der Waals surface area contributed by atoms with Crippen molar-refractivity contribution in [1.82, 2.24) is 4.31 Å². The first-order chi connectivity index (χ1) is 9.98. The minimum absolute atomic E-state index is 0.163. The van der Waals surface area contributed by atoms with Gasteiger partial charge in [-0.25, -0.2) is 8.42 Å². The smallest absolute Gasteiger partial charge is 0.207 e. The van der Waals surface area contributed by atoms with E-state index in [1.54, 1.807) is 27.8 Å². The normalized spacial score (nSPS) is 15.6. The van der Waals surface area contributed by atoms with Crippen molar-refractivity contribution in [1.29, 1.82) is 0 Å². The maximum absolute atomic E-state index is 12.9. The fourth-order valence-corrected chi connectivity index (χ4v) is 4.76. The fraction of sp³-hybridized carbons (Fsp3) is 0.375. The molecule has 0 N–H and O–H groups in total. The predicted molar refractivity (Wildman–Crippen MR) is 86.0 cm³/mol. The van der Waals surface area contributed by atoms with Crippen molar-refractivity contribution in [3.63, 3.8) is 0 Å². The molecule has 2 aromatic rings. The number of hydrogen-bond acceptors (Lipinski definition) is 3. The zero-order valence-electron chi connectivity index (χ0n) is 12.2. The molecule has 3 nitrogen and oxygen atoms in total. The summed E-state index contributed by atoms with van der Waals surface area (Å²) in [6, 6.07) is 7.55. The number of aryl methyl sites for hydroxylation is 2. The SMILES string of the molecule is Cc1ccc(S(=O)(=O)N(Cc2ccsc2)C2CC2)cc1C. The summed E-state index contributed by atoms with van der Waals surface area (Å²) in [5.74, 6) is 0. The highest BCUT2D eigenvalue weighted by Gasteiger charge is 2.38. The summed E-state index contributed by atoms with van der Waals surface area (Å²) in [5.41, 5.74) is 3.20. The van der Waals surface area contributed by atoms with Crippen molar-refractivity contribution < 1.29 is 8.42 Å². The van der Waals surface area contributed by atoms with Gasteiger partial charge in [-0.05, 0) is 72.3 Å². The molecule has 0 radical (unpaired) electrons. The van der Waals surface area contributed by atoms with Crippen molar-refractivity contribution in [2.45, 2.75) is 44.2 Å². The zero-order chi connectivity index (χ0) is 15.0. The molecule has 0 saturated heterocycles. The quantitative estimate of drug-likeness (QED) is 0.841. The van der Waals surface area contributed by atoms with Crippen LogP contribution in [0.1, 0.15) is 29.5 Å². The highest BCUT2D eigenvalue weighted by Crippen LogP contribution is 2.34. The summed E-state index contributed by atoms with van der Waals surface area (Å²) in [6.07, 6.45) is 1.93. The van der Waals surface area contributed by atoms with E-state index in [-0.39, 0.29) is 6.04 Å². The second-order valence-electron chi connectivity index (χ2n) is 5.66. The van der Waals surface area contributed by atoms with Crippen LogP contribution in [0, 0.1) is 13.8 Å². The Labute approximate surface area is 130 Å². The predicted octanol–water partition coefficient (Wildman–Crippen LogP) is 3.72. The molecule has 0 unspecified atom stereocenters. The summed E-state index contributed by atoms with van der Waals surface area (Å²) in [5, 5.41) is 4.01. The van der Waals surface area contributed by atoms with Crippen LogP contribution in [0.25, 0.3) is 0 Å². The third kappa shape index (κ3) is 3.05. The Kier molecular flexibility index (Phi) is 3.90. The van der Waals surface area contributed by atoms with Crippen LogP contribution in [0.3, 0.4) is 0 Å². The Morgan fingerprint density at radius 1 is 1.19 bits per heavy atom. The van der Waals surface area contributed by atoms with E-state index in [0.29, 0.717) is 11.4 Å². The Morgan fingerprint density at radius 3 is 2.52 bits per heavy atom. The first-order valence-electron chi connectivity index (χ1n) is 7.08. The van der Waals surface area contributed by atoms with E-state index in [1.807, 2.05) is 36.7 Å². The van der Waals surface area contributed by atoms with Gasteiger partial charge in [0.25, 0.3) is 0 Å². The van der Waals surface area contributed by atoms with E-state index < -0.39 is 10.0 Å². The number of nitrogens with zero attached hydrogens (tertiary/aromatic N) is 1. The molecule has 0 amide bonds. The summed E-state index contributed by atoms with van der Waals surface area (Å²) >= 11 is 1.60. The van der Waals surface area contributed by atoms with Gasteiger partial charge in [-0.1, -0.05) is 6.07 Å². The van der Waals surface area contributed by atoms with E-state index >= 15 is 0 Å². The van der Waals surface area contributed by atoms with Gasteiger partial charge in [-0.15, -0.1) is 0 Å². The first-order valence-corrected chi connectivity index (χ1v) is 9.47. The lowest BCUT2D eigenvalue weighted by Gasteiger charge is -2.22. The fourth-order valence-electron chi connectivity index (χ4n) is 2.35. The molecule has 1 saturated carbocycles. The van der Waals surface area contributed by atoms with Crippen molar-refractivity contribution in [3.8, 4) is 0 Å². The monoisotopic (exact) mass is 321 g/mol. The van der Waals surface area contributed by atoms with E-state index in [9.17, 15) is 8.42 Å². The van der Waals surface area contributed by atoms with Gasteiger partial charge >= 0.3 is 0 Å². The zero-order valence-corrected chi connectivity index (χ0v) is 13.9. The minimum Gasteiger partial charge on any atom is -0.207 e. The number of sulfonamides is 1. The van der Waals surface area contributed by atoms with Crippen LogP contribution in [0.15, 0.2) is 39.9 Å². The molecule has 112 valence electrons. The van der Waals surface area contributed by atoms with Gasteiger partial charge in [-0.2, -0.15) is 15.6 Å². The average Bonchev–Trinajstić information content (AvgIpc) is 3.15. The van der Waals surface area contributed by atoms with Gasteiger partial charge in [0.15, 0.2) is 0 Å². The van der Waals surface area contributed by atoms with E-state index in [1.165, 1.54) is 0 Å². The van der Waals surface area contributed by atoms with Crippen LogP contribution in [0.2, 0.25) is 0 Å². The lowest BCUT2D eigenvalue weighted by Crippen LogP contribution is -2.32.